The topological polar surface area (TPSA) is 101 Å². The molecule has 0 radical (unpaired) electrons. The molecule has 0 saturated carbocycles. The summed E-state index contributed by atoms with van der Waals surface area (Å²) in [6.45, 7) is 4.86. The van der Waals surface area contributed by atoms with Gasteiger partial charge in [-0.2, -0.15) is 4.98 Å². The van der Waals surface area contributed by atoms with Crippen molar-refractivity contribution in [2.24, 2.45) is 5.92 Å². The van der Waals surface area contributed by atoms with E-state index in [1.165, 1.54) is 17.4 Å². The summed E-state index contributed by atoms with van der Waals surface area (Å²) >= 11 is 0. The smallest absolute Gasteiger partial charge is 0.290 e. The first-order chi connectivity index (χ1) is 19.6. The summed E-state index contributed by atoms with van der Waals surface area (Å²) in [6.07, 6.45) is 2.60. The second-order valence-electron chi connectivity index (χ2n) is 10.8. The lowest BCUT2D eigenvalue weighted by Crippen LogP contribution is -2.52. The molecule has 12 heteroatoms. The lowest BCUT2D eigenvalue weighted by molar-refractivity contribution is -0.129. The predicted octanol–water partition coefficient (Wildman–Crippen LogP) is 4.23. The van der Waals surface area contributed by atoms with Gasteiger partial charge in [-0.15, -0.1) is 0 Å². The van der Waals surface area contributed by atoms with Crippen molar-refractivity contribution < 1.29 is 26.0 Å². The molecule has 0 unspecified atom stereocenters. The van der Waals surface area contributed by atoms with Crippen LogP contribution >= 0.6 is 0 Å². The number of hydrogen-bond donors (Lipinski definition) is 1. The van der Waals surface area contributed by atoms with Crippen molar-refractivity contribution in [1.29, 1.82) is 0 Å². The van der Waals surface area contributed by atoms with Gasteiger partial charge in [-0.05, 0) is 41.5 Å². The van der Waals surface area contributed by atoms with Crippen molar-refractivity contribution >= 4 is 43.9 Å². The zero-order valence-corrected chi connectivity index (χ0v) is 22.9. The number of nitrogens with one attached hydrogen (secondary N) is 1. The zero-order valence-electron chi connectivity index (χ0n) is 25.1. The molecule has 2 aromatic heterocycles. The maximum absolute atomic E-state index is 14.7. The molecule has 2 saturated heterocycles. The minimum absolute atomic E-state index is 0.0828. The third-order valence-corrected chi connectivity index (χ3v) is 8.30. The van der Waals surface area contributed by atoms with Gasteiger partial charge in [0.2, 0.25) is 5.95 Å². The van der Waals surface area contributed by atoms with Crippen LogP contribution < -0.4 is 15.1 Å². The van der Waals surface area contributed by atoms with Gasteiger partial charge in [0, 0.05) is 62.3 Å². The van der Waals surface area contributed by atoms with E-state index in [4.69, 9.17) is 4.11 Å². The number of rotatable bonds is 8. The Morgan fingerprint density at radius 1 is 1.18 bits per heavy atom. The minimum Gasteiger partial charge on any atom is -0.375 e. The molecule has 39 heavy (non-hydrogen) atoms. The molecule has 1 N–H and O–H groups in total. The fourth-order valence-corrected chi connectivity index (χ4v) is 6.40. The Morgan fingerprint density at radius 3 is 2.67 bits per heavy atom. The Bertz CT molecular complexity index is 1570. The largest absolute Gasteiger partial charge is 0.375 e. The van der Waals surface area contributed by atoms with Crippen LogP contribution in [-0.4, -0.2) is 80.6 Å². The number of fused-ring (bicyclic) bond motifs is 1. The third-order valence-electron chi connectivity index (χ3n) is 7.23. The van der Waals surface area contributed by atoms with Crippen LogP contribution in [-0.2, 0) is 14.6 Å². The van der Waals surface area contributed by atoms with E-state index in [1.54, 1.807) is 12.3 Å². The molecule has 0 amide bonds. The van der Waals surface area contributed by atoms with Gasteiger partial charge in [-0.1, -0.05) is 19.9 Å². The number of pyridine rings is 1. The number of aromatic nitrogens is 3. The van der Waals surface area contributed by atoms with E-state index in [0.29, 0.717) is 24.7 Å². The summed E-state index contributed by atoms with van der Waals surface area (Å²) < 4.78 is 79.0. The Kier molecular flexibility index (Phi) is 6.36. The number of nitrogens with zero attached hydrogens (tertiary/aromatic N) is 5. The van der Waals surface area contributed by atoms with Gasteiger partial charge >= 0.3 is 0 Å². The molecule has 5 rings (SSSR count). The van der Waals surface area contributed by atoms with E-state index >= 15 is 0 Å². The molecule has 1 atom stereocenters. The Labute approximate surface area is 231 Å². The monoisotopic (exact) mass is 563 g/mol. The summed E-state index contributed by atoms with van der Waals surface area (Å²) in [5, 5.41) is 5.11. The second-order valence-corrected chi connectivity index (χ2v) is 12.9. The summed E-state index contributed by atoms with van der Waals surface area (Å²) in [5.41, 5.74) is 2.12. The molecule has 2 aliphatic heterocycles. The molecule has 0 spiro atoms. The van der Waals surface area contributed by atoms with Gasteiger partial charge in [-0.25, -0.2) is 27.2 Å². The van der Waals surface area contributed by atoms with Crippen LogP contribution in [0.4, 0.5) is 32.1 Å². The summed E-state index contributed by atoms with van der Waals surface area (Å²) in [7, 11) is -5.94. The van der Waals surface area contributed by atoms with Crippen molar-refractivity contribution in [1.82, 2.24) is 15.0 Å². The van der Waals surface area contributed by atoms with E-state index in [0.717, 1.165) is 22.0 Å². The van der Waals surface area contributed by atoms with Crippen molar-refractivity contribution in [2.45, 2.75) is 38.2 Å². The number of alkyl halides is 2. The zero-order chi connectivity index (χ0) is 30.4. The third kappa shape index (κ3) is 5.91. The van der Waals surface area contributed by atoms with Crippen LogP contribution in [0.25, 0.3) is 10.8 Å². The Balaban J connectivity index is 1.35. The normalized spacial score (nSPS) is 21.4. The molecule has 9 nitrogen and oxygen atoms in total. The van der Waals surface area contributed by atoms with Crippen LogP contribution in [0.15, 0.2) is 36.7 Å². The number of methoxy groups -OCH3 is 1. The summed E-state index contributed by atoms with van der Waals surface area (Å²) in [4.78, 5) is 16.6. The molecule has 1 aromatic carbocycles. The van der Waals surface area contributed by atoms with Gasteiger partial charge < -0.3 is 19.9 Å². The van der Waals surface area contributed by atoms with Crippen LogP contribution in [0.5, 0.6) is 0 Å². The number of hydrogen-bond acceptors (Lipinski definition) is 9. The maximum atomic E-state index is 14.7. The highest BCUT2D eigenvalue weighted by molar-refractivity contribution is 7.90. The Morgan fingerprint density at radius 2 is 1.97 bits per heavy atom. The molecule has 2 aliphatic rings. The van der Waals surface area contributed by atoms with Crippen molar-refractivity contribution in [3.8, 4) is 0 Å². The SMILES string of the molecule is [2H]C([2H])([2H])O[C@@H]1CCN(c2nccc(Nc3cc4c(C(C)C)ccc(N5CC(CS(C)(=O)=O)C5)c4cn3)n2)CC1(F)F. The summed E-state index contributed by atoms with van der Waals surface area (Å²) in [6, 6.07) is 7.68. The van der Waals surface area contributed by atoms with Gasteiger partial charge in [0.15, 0.2) is 0 Å². The first-order valence-electron chi connectivity index (χ1n) is 14.3. The number of sulfone groups is 1. The predicted molar refractivity (Wildman–Crippen MR) is 149 cm³/mol. The van der Waals surface area contributed by atoms with Crippen molar-refractivity contribution in [3.63, 3.8) is 0 Å². The molecular weight excluding hydrogens is 526 g/mol. The number of halogens is 2. The molecule has 4 heterocycles. The lowest BCUT2D eigenvalue weighted by atomic mass is 9.93. The molecule has 0 aliphatic carbocycles. The lowest BCUT2D eigenvalue weighted by Gasteiger charge is -2.41. The second kappa shape index (κ2) is 10.5. The van der Waals surface area contributed by atoms with Crippen LogP contribution in [0, 0.1) is 5.92 Å². The molecule has 210 valence electrons. The van der Waals surface area contributed by atoms with Crippen molar-refractivity contribution in [2.75, 3.05) is 60.3 Å². The molecule has 3 aromatic rings. The quantitative estimate of drug-likeness (QED) is 0.431. The number of benzene rings is 1. The minimum atomic E-state index is -3.40. The van der Waals surface area contributed by atoms with Crippen LogP contribution in [0.2, 0.25) is 0 Å². The first kappa shape index (κ1) is 23.7. The molecule has 0 bridgehead atoms. The van der Waals surface area contributed by atoms with E-state index in [9.17, 15) is 17.2 Å². The van der Waals surface area contributed by atoms with E-state index in [1.807, 2.05) is 6.07 Å². The molecule has 2 fully saturated rings. The van der Waals surface area contributed by atoms with E-state index in [2.05, 4.69) is 55.9 Å². The highest BCUT2D eigenvalue weighted by atomic mass is 32.2. The maximum Gasteiger partial charge on any atom is 0.290 e. The fraction of sp³-hybridized carbons (Fsp3) is 0.519. The van der Waals surface area contributed by atoms with Gasteiger partial charge in [0.1, 0.15) is 27.6 Å². The van der Waals surface area contributed by atoms with E-state index in [-0.39, 0.29) is 36.5 Å². The first-order valence-corrected chi connectivity index (χ1v) is 14.9. The summed E-state index contributed by atoms with van der Waals surface area (Å²) in [5.74, 6) is -1.93. The van der Waals surface area contributed by atoms with E-state index < -0.39 is 35.4 Å². The fourth-order valence-electron chi connectivity index (χ4n) is 5.33. The Hall–Kier alpha value is -3.12. The highest BCUT2D eigenvalue weighted by Crippen LogP contribution is 2.37. The van der Waals surface area contributed by atoms with Gasteiger partial charge in [-0.3, -0.25) is 0 Å². The number of anilines is 4. The highest BCUT2D eigenvalue weighted by Gasteiger charge is 2.45. The van der Waals surface area contributed by atoms with Gasteiger partial charge in [0.25, 0.3) is 5.92 Å². The van der Waals surface area contributed by atoms with Crippen LogP contribution in [0.3, 0.4) is 0 Å². The van der Waals surface area contributed by atoms with Crippen LogP contribution in [0.1, 0.15) is 35.9 Å². The molecular formula is C27H34F2N6O3S. The standard InChI is InChI=1S/C27H34F2N6O3S/c1-17(2)19-5-6-22(35-13-18(14-35)15-39(4,36)37)21-12-31-25(11-20(19)21)32-24-7-9-30-26(33-24)34-10-8-23(38-3)27(28,29)16-34/h5-7,9,11-12,17-18,23H,8,10,13-16H2,1-4H3,(H,30,31,32,33)/t23-/m1/s1/i3D3. The average Bonchev–Trinajstić information content (AvgIpc) is 2.85. The van der Waals surface area contributed by atoms with Crippen molar-refractivity contribution in [3.05, 3.63) is 42.2 Å². The average molecular weight is 564 g/mol. The van der Waals surface area contributed by atoms with Gasteiger partial charge in [0.05, 0.1) is 16.4 Å². The number of piperidine rings is 1. The number of ether oxygens (including phenoxy) is 1.